The zero-order valence-electron chi connectivity index (χ0n) is 15.1. The number of rotatable bonds is 8. The van der Waals surface area contributed by atoms with Crippen LogP contribution in [0.1, 0.15) is 11.1 Å². The van der Waals surface area contributed by atoms with Crippen molar-refractivity contribution < 1.29 is 18.1 Å². The van der Waals surface area contributed by atoms with Gasteiger partial charge < -0.3 is 4.74 Å². The average molecular weight is 411 g/mol. The van der Waals surface area contributed by atoms with E-state index in [1.807, 2.05) is 0 Å². The highest BCUT2D eigenvalue weighted by molar-refractivity contribution is 7.89. The molecule has 0 fully saturated rings. The number of ether oxygens (including phenoxy) is 1. The number of hydrogen-bond acceptors (Lipinski definition) is 6. The lowest BCUT2D eigenvalue weighted by Crippen LogP contribution is -2.18. The average Bonchev–Trinajstić information content (AvgIpc) is 2.74. The summed E-state index contributed by atoms with van der Waals surface area (Å²) in [6, 6.07) is 21.0. The van der Waals surface area contributed by atoms with E-state index in [2.05, 4.69) is 9.93 Å². The SMILES string of the molecule is O=[N+]([O-])c1ccc(COc2ccc(/C=N\NS(=O)(=O)c3ccccc3)cc2)cc1. The number of nitro groups is 1. The second-order valence-electron chi connectivity index (χ2n) is 5.95. The molecule has 3 rings (SSSR count). The van der Waals surface area contributed by atoms with E-state index < -0.39 is 14.9 Å². The summed E-state index contributed by atoms with van der Waals surface area (Å²) in [6.07, 6.45) is 1.39. The maximum atomic E-state index is 12.1. The molecule has 0 saturated carbocycles. The molecule has 0 spiro atoms. The molecular weight excluding hydrogens is 394 g/mol. The molecule has 0 bridgehead atoms. The van der Waals surface area contributed by atoms with Crippen LogP contribution in [0.4, 0.5) is 5.69 Å². The van der Waals surface area contributed by atoms with Crippen molar-refractivity contribution in [3.05, 3.63) is 100 Å². The maximum absolute atomic E-state index is 12.1. The summed E-state index contributed by atoms with van der Waals surface area (Å²) in [7, 11) is -3.70. The molecule has 0 atom stereocenters. The monoisotopic (exact) mass is 411 g/mol. The fraction of sp³-hybridized carbons (Fsp3) is 0.0500. The van der Waals surface area contributed by atoms with Gasteiger partial charge in [0, 0.05) is 12.1 Å². The number of nitrogens with zero attached hydrogens (tertiary/aromatic N) is 2. The Morgan fingerprint density at radius 3 is 2.24 bits per heavy atom. The van der Waals surface area contributed by atoms with Gasteiger partial charge in [-0.25, -0.2) is 4.83 Å². The van der Waals surface area contributed by atoms with Crippen LogP contribution in [0.5, 0.6) is 5.75 Å². The largest absolute Gasteiger partial charge is 0.489 e. The molecule has 0 radical (unpaired) electrons. The van der Waals surface area contributed by atoms with Crippen LogP contribution in [-0.4, -0.2) is 19.6 Å². The van der Waals surface area contributed by atoms with Gasteiger partial charge in [0.25, 0.3) is 15.7 Å². The van der Waals surface area contributed by atoms with Crippen molar-refractivity contribution in [1.82, 2.24) is 4.83 Å². The molecular formula is C20H17N3O5S. The van der Waals surface area contributed by atoms with Gasteiger partial charge in [-0.05, 0) is 59.7 Å². The Morgan fingerprint density at radius 2 is 1.62 bits per heavy atom. The zero-order chi connectivity index (χ0) is 20.7. The lowest BCUT2D eigenvalue weighted by atomic mass is 10.2. The third kappa shape index (κ3) is 5.63. The molecule has 0 aliphatic heterocycles. The Labute approximate surface area is 167 Å². The van der Waals surface area contributed by atoms with E-state index in [1.54, 1.807) is 54.6 Å². The highest BCUT2D eigenvalue weighted by atomic mass is 32.2. The summed E-state index contributed by atoms with van der Waals surface area (Å²) in [5.74, 6) is 0.602. The fourth-order valence-corrected chi connectivity index (χ4v) is 3.17. The van der Waals surface area contributed by atoms with Crippen LogP contribution < -0.4 is 9.57 Å². The van der Waals surface area contributed by atoms with Crippen LogP contribution in [-0.2, 0) is 16.6 Å². The van der Waals surface area contributed by atoms with Crippen molar-refractivity contribution in [2.24, 2.45) is 5.10 Å². The van der Waals surface area contributed by atoms with Gasteiger partial charge in [-0.15, -0.1) is 0 Å². The molecule has 3 aromatic rings. The van der Waals surface area contributed by atoms with E-state index in [0.717, 1.165) is 5.56 Å². The van der Waals surface area contributed by atoms with Gasteiger partial charge in [0.1, 0.15) is 12.4 Å². The molecule has 0 saturated heterocycles. The first kappa shape index (κ1) is 20.0. The number of non-ortho nitro benzene ring substituents is 1. The summed E-state index contributed by atoms with van der Waals surface area (Å²) in [4.78, 5) is 12.5. The van der Waals surface area contributed by atoms with Crippen LogP contribution in [0, 0.1) is 10.1 Å². The first-order chi connectivity index (χ1) is 13.9. The van der Waals surface area contributed by atoms with Crippen molar-refractivity contribution in [2.75, 3.05) is 0 Å². The third-order valence-corrected chi connectivity index (χ3v) is 5.11. The van der Waals surface area contributed by atoms with Crippen LogP contribution in [0.2, 0.25) is 0 Å². The Hall–Kier alpha value is -3.72. The van der Waals surface area contributed by atoms with Gasteiger partial charge in [-0.1, -0.05) is 18.2 Å². The second kappa shape index (κ2) is 8.98. The highest BCUT2D eigenvalue weighted by Crippen LogP contribution is 2.16. The first-order valence-corrected chi connectivity index (χ1v) is 9.98. The predicted octanol–water partition coefficient (Wildman–Crippen LogP) is 3.49. The minimum Gasteiger partial charge on any atom is -0.489 e. The quantitative estimate of drug-likeness (QED) is 0.346. The van der Waals surface area contributed by atoms with E-state index in [4.69, 9.17) is 4.74 Å². The van der Waals surface area contributed by atoms with Crippen LogP contribution >= 0.6 is 0 Å². The van der Waals surface area contributed by atoms with E-state index in [1.165, 1.54) is 30.5 Å². The van der Waals surface area contributed by atoms with Gasteiger partial charge in [0.05, 0.1) is 16.0 Å². The molecule has 0 aliphatic rings. The topological polar surface area (TPSA) is 111 Å². The lowest BCUT2D eigenvalue weighted by molar-refractivity contribution is -0.384. The number of hydrazone groups is 1. The Morgan fingerprint density at radius 1 is 0.966 bits per heavy atom. The smallest absolute Gasteiger partial charge is 0.276 e. The summed E-state index contributed by atoms with van der Waals surface area (Å²) in [5, 5.41) is 14.4. The van der Waals surface area contributed by atoms with Crippen molar-refractivity contribution in [2.45, 2.75) is 11.5 Å². The number of hydrogen-bond donors (Lipinski definition) is 1. The van der Waals surface area contributed by atoms with Gasteiger partial charge in [0.15, 0.2) is 0 Å². The van der Waals surface area contributed by atoms with E-state index in [-0.39, 0.29) is 17.2 Å². The summed E-state index contributed by atoms with van der Waals surface area (Å²) in [5.41, 5.74) is 1.51. The Balaban J connectivity index is 1.54. The fourth-order valence-electron chi connectivity index (χ4n) is 2.35. The van der Waals surface area contributed by atoms with Crippen LogP contribution in [0.3, 0.4) is 0 Å². The molecule has 8 nitrogen and oxygen atoms in total. The molecule has 3 aromatic carbocycles. The summed E-state index contributed by atoms with van der Waals surface area (Å²) in [6.45, 7) is 0.266. The van der Waals surface area contributed by atoms with Crippen molar-refractivity contribution in [3.63, 3.8) is 0 Å². The van der Waals surface area contributed by atoms with Crippen molar-refractivity contribution in [1.29, 1.82) is 0 Å². The van der Waals surface area contributed by atoms with Gasteiger partial charge in [0.2, 0.25) is 0 Å². The molecule has 9 heteroatoms. The maximum Gasteiger partial charge on any atom is 0.276 e. The van der Waals surface area contributed by atoms with Crippen LogP contribution in [0.15, 0.2) is 88.9 Å². The van der Waals surface area contributed by atoms with Crippen molar-refractivity contribution >= 4 is 21.9 Å². The lowest BCUT2D eigenvalue weighted by Gasteiger charge is -2.06. The minimum atomic E-state index is -3.70. The Kier molecular flexibility index (Phi) is 6.20. The molecule has 29 heavy (non-hydrogen) atoms. The Bertz CT molecular complexity index is 1100. The molecule has 0 aromatic heterocycles. The molecule has 0 unspecified atom stereocenters. The number of nitro benzene ring substituents is 1. The normalized spacial score (nSPS) is 11.3. The van der Waals surface area contributed by atoms with E-state index in [0.29, 0.717) is 11.3 Å². The highest BCUT2D eigenvalue weighted by Gasteiger charge is 2.11. The number of nitrogens with one attached hydrogen (secondary N) is 1. The van der Waals surface area contributed by atoms with Gasteiger partial charge >= 0.3 is 0 Å². The van der Waals surface area contributed by atoms with Gasteiger partial charge in [-0.2, -0.15) is 13.5 Å². The second-order valence-corrected chi connectivity index (χ2v) is 7.61. The van der Waals surface area contributed by atoms with Crippen LogP contribution in [0.25, 0.3) is 0 Å². The summed E-state index contributed by atoms with van der Waals surface area (Å²) >= 11 is 0. The number of benzene rings is 3. The predicted molar refractivity (Wildman–Crippen MR) is 108 cm³/mol. The molecule has 0 aliphatic carbocycles. The van der Waals surface area contributed by atoms with Gasteiger partial charge in [-0.3, -0.25) is 10.1 Å². The van der Waals surface area contributed by atoms with E-state index >= 15 is 0 Å². The molecule has 0 heterocycles. The molecule has 148 valence electrons. The molecule has 0 amide bonds. The summed E-state index contributed by atoms with van der Waals surface area (Å²) < 4.78 is 29.8. The standard InChI is InChI=1S/C20H17N3O5S/c24-23(25)18-10-6-17(7-11-18)15-28-19-12-8-16(9-13-19)14-21-22-29(26,27)20-4-2-1-3-5-20/h1-14,22H,15H2/b21-14-. The first-order valence-electron chi connectivity index (χ1n) is 8.50. The molecule has 1 N–H and O–H groups in total. The minimum absolute atomic E-state index is 0.0280. The zero-order valence-corrected chi connectivity index (χ0v) is 16.0. The third-order valence-electron chi connectivity index (χ3n) is 3.87. The number of sulfonamides is 1. The van der Waals surface area contributed by atoms with Crippen molar-refractivity contribution in [3.8, 4) is 5.75 Å². The van der Waals surface area contributed by atoms with E-state index in [9.17, 15) is 18.5 Å².